The van der Waals surface area contributed by atoms with Gasteiger partial charge in [0, 0.05) is 6.54 Å². The lowest BCUT2D eigenvalue weighted by molar-refractivity contribution is 0.0684. The number of carbonyl (C=O) groups is 1. The number of carboxylic acids is 1. The fourth-order valence-electron chi connectivity index (χ4n) is 1.48. The molecule has 1 heterocycles. The van der Waals surface area contributed by atoms with E-state index >= 15 is 0 Å². The SMILES string of the molecule is Cc1ncn(CC2CC2)c1C(=O)O. The number of rotatable bonds is 3. The molecule has 0 bridgehead atoms. The largest absolute Gasteiger partial charge is 0.477 e. The van der Waals surface area contributed by atoms with E-state index in [1.807, 2.05) is 0 Å². The van der Waals surface area contributed by atoms with Gasteiger partial charge in [0.25, 0.3) is 0 Å². The van der Waals surface area contributed by atoms with Gasteiger partial charge in [0.1, 0.15) is 5.69 Å². The van der Waals surface area contributed by atoms with Gasteiger partial charge in [-0.15, -0.1) is 0 Å². The van der Waals surface area contributed by atoms with E-state index in [2.05, 4.69) is 4.98 Å². The van der Waals surface area contributed by atoms with E-state index in [0.717, 1.165) is 6.54 Å². The van der Waals surface area contributed by atoms with Crippen LogP contribution < -0.4 is 0 Å². The van der Waals surface area contributed by atoms with Crippen molar-refractivity contribution in [2.24, 2.45) is 5.92 Å². The summed E-state index contributed by atoms with van der Waals surface area (Å²) in [6, 6.07) is 0. The zero-order valence-corrected chi connectivity index (χ0v) is 7.53. The van der Waals surface area contributed by atoms with Crippen molar-refractivity contribution >= 4 is 5.97 Å². The first-order chi connectivity index (χ1) is 6.18. The fourth-order valence-corrected chi connectivity index (χ4v) is 1.48. The highest BCUT2D eigenvalue weighted by Crippen LogP contribution is 2.31. The van der Waals surface area contributed by atoms with Crippen LogP contribution in [0.3, 0.4) is 0 Å². The van der Waals surface area contributed by atoms with Gasteiger partial charge in [-0.1, -0.05) is 0 Å². The fraction of sp³-hybridized carbons (Fsp3) is 0.556. The summed E-state index contributed by atoms with van der Waals surface area (Å²) >= 11 is 0. The Balaban J connectivity index is 2.27. The van der Waals surface area contributed by atoms with Gasteiger partial charge in [0.05, 0.1) is 12.0 Å². The summed E-state index contributed by atoms with van der Waals surface area (Å²) in [7, 11) is 0. The van der Waals surface area contributed by atoms with Crippen LogP contribution in [0, 0.1) is 12.8 Å². The predicted octanol–water partition coefficient (Wildman–Crippen LogP) is 1.30. The zero-order chi connectivity index (χ0) is 9.42. The van der Waals surface area contributed by atoms with Gasteiger partial charge in [0.15, 0.2) is 0 Å². The maximum Gasteiger partial charge on any atom is 0.354 e. The highest BCUT2D eigenvalue weighted by atomic mass is 16.4. The maximum absolute atomic E-state index is 10.8. The number of carboxylic acid groups (broad SMARTS) is 1. The highest BCUT2D eigenvalue weighted by molar-refractivity contribution is 5.86. The molecule has 1 aromatic rings. The second-order valence-corrected chi connectivity index (χ2v) is 3.58. The van der Waals surface area contributed by atoms with Gasteiger partial charge in [-0.05, 0) is 25.7 Å². The van der Waals surface area contributed by atoms with E-state index in [1.165, 1.54) is 12.8 Å². The van der Waals surface area contributed by atoms with Crippen LogP contribution in [0.4, 0.5) is 0 Å². The third-order valence-corrected chi connectivity index (χ3v) is 2.38. The maximum atomic E-state index is 10.8. The Kier molecular flexibility index (Phi) is 1.83. The van der Waals surface area contributed by atoms with Gasteiger partial charge in [0.2, 0.25) is 0 Å². The average molecular weight is 180 g/mol. The van der Waals surface area contributed by atoms with Crippen LogP contribution in [0.2, 0.25) is 0 Å². The standard InChI is InChI=1S/C9H12N2O2/c1-6-8(9(12)13)11(5-10-6)4-7-2-3-7/h5,7H,2-4H2,1H3,(H,12,13). The lowest BCUT2D eigenvalue weighted by atomic mass is 10.3. The molecular formula is C9H12N2O2. The Bertz CT molecular complexity index is 339. The Morgan fingerprint density at radius 1 is 1.77 bits per heavy atom. The number of imidazole rings is 1. The normalized spacial score (nSPS) is 16.1. The van der Waals surface area contributed by atoms with E-state index < -0.39 is 5.97 Å². The quantitative estimate of drug-likeness (QED) is 0.762. The molecule has 1 aliphatic carbocycles. The van der Waals surface area contributed by atoms with Crippen LogP contribution in [0.1, 0.15) is 29.0 Å². The monoisotopic (exact) mass is 180 g/mol. The molecular weight excluding hydrogens is 168 g/mol. The van der Waals surface area contributed by atoms with E-state index in [4.69, 9.17) is 5.11 Å². The van der Waals surface area contributed by atoms with Crippen molar-refractivity contribution in [3.8, 4) is 0 Å². The summed E-state index contributed by atoms with van der Waals surface area (Å²) in [6.07, 6.45) is 4.06. The van der Waals surface area contributed by atoms with Crippen LogP contribution >= 0.6 is 0 Å². The molecule has 0 spiro atoms. The molecule has 0 radical (unpaired) electrons. The summed E-state index contributed by atoms with van der Waals surface area (Å²) < 4.78 is 1.75. The molecule has 0 saturated heterocycles. The molecule has 0 aromatic carbocycles. The summed E-state index contributed by atoms with van der Waals surface area (Å²) in [4.78, 5) is 14.8. The molecule has 2 rings (SSSR count). The minimum absolute atomic E-state index is 0.340. The van der Waals surface area contributed by atoms with E-state index in [-0.39, 0.29) is 0 Å². The first-order valence-corrected chi connectivity index (χ1v) is 4.43. The highest BCUT2D eigenvalue weighted by Gasteiger charge is 2.24. The molecule has 13 heavy (non-hydrogen) atoms. The number of nitrogens with zero attached hydrogens (tertiary/aromatic N) is 2. The van der Waals surface area contributed by atoms with Crippen molar-refractivity contribution in [2.45, 2.75) is 26.3 Å². The topological polar surface area (TPSA) is 55.1 Å². The smallest absolute Gasteiger partial charge is 0.354 e. The molecule has 70 valence electrons. The van der Waals surface area contributed by atoms with Gasteiger partial charge in [-0.25, -0.2) is 9.78 Å². The van der Waals surface area contributed by atoms with Crippen molar-refractivity contribution in [3.05, 3.63) is 17.7 Å². The van der Waals surface area contributed by atoms with Crippen LogP contribution in [-0.2, 0) is 6.54 Å². The third kappa shape index (κ3) is 1.56. The number of aromatic carboxylic acids is 1. The molecule has 0 unspecified atom stereocenters. The van der Waals surface area contributed by atoms with Crippen LogP contribution in [0.25, 0.3) is 0 Å². The van der Waals surface area contributed by atoms with E-state index in [0.29, 0.717) is 17.3 Å². The van der Waals surface area contributed by atoms with Gasteiger partial charge in [-0.2, -0.15) is 0 Å². The van der Waals surface area contributed by atoms with Crippen LogP contribution in [0.5, 0.6) is 0 Å². The van der Waals surface area contributed by atoms with Crippen molar-refractivity contribution in [3.63, 3.8) is 0 Å². The lowest BCUT2D eigenvalue weighted by Gasteiger charge is -2.03. The number of aryl methyl sites for hydroxylation is 1. The second kappa shape index (κ2) is 2.87. The number of aromatic nitrogens is 2. The Morgan fingerprint density at radius 3 is 3.00 bits per heavy atom. The Morgan fingerprint density at radius 2 is 2.46 bits per heavy atom. The molecule has 1 aromatic heterocycles. The molecule has 1 aliphatic rings. The number of hydrogen-bond donors (Lipinski definition) is 1. The molecule has 1 N–H and O–H groups in total. The van der Waals surface area contributed by atoms with E-state index in [1.54, 1.807) is 17.8 Å². The van der Waals surface area contributed by atoms with Gasteiger partial charge < -0.3 is 9.67 Å². The summed E-state index contributed by atoms with van der Waals surface area (Å²) in [5.41, 5.74) is 0.944. The molecule has 4 nitrogen and oxygen atoms in total. The molecule has 0 aliphatic heterocycles. The molecule has 0 atom stereocenters. The average Bonchev–Trinajstić information content (AvgIpc) is 2.76. The molecule has 4 heteroatoms. The zero-order valence-electron chi connectivity index (χ0n) is 7.53. The molecule has 0 amide bonds. The van der Waals surface area contributed by atoms with Crippen molar-refractivity contribution in [2.75, 3.05) is 0 Å². The predicted molar refractivity (Wildman–Crippen MR) is 46.6 cm³/mol. The van der Waals surface area contributed by atoms with Gasteiger partial charge >= 0.3 is 5.97 Å². The first-order valence-electron chi connectivity index (χ1n) is 4.43. The van der Waals surface area contributed by atoms with Crippen LogP contribution in [-0.4, -0.2) is 20.6 Å². The molecule has 1 saturated carbocycles. The molecule has 1 fully saturated rings. The summed E-state index contributed by atoms with van der Waals surface area (Å²) in [5, 5.41) is 8.91. The second-order valence-electron chi connectivity index (χ2n) is 3.58. The lowest BCUT2D eigenvalue weighted by Crippen LogP contribution is -2.10. The van der Waals surface area contributed by atoms with Crippen LogP contribution in [0.15, 0.2) is 6.33 Å². The Labute approximate surface area is 76.2 Å². The minimum atomic E-state index is -0.879. The number of hydrogen-bond acceptors (Lipinski definition) is 2. The summed E-state index contributed by atoms with van der Waals surface area (Å²) in [6.45, 7) is 2.54. The first kappa shape index (κ1) is 8.29. The van der Waals surface area contributed by atoms with Crippen molar-refractivity contribution in [1.82, 2.24) is 9.55 Å². The minimum Gasteiger partial charge on any atom is -0.477 e. The van der Waals surface area contributed by atoms with Crippen molar-refractivity contribution in [1.29, 1.82) is 0 Å². The Hall–Kier alpha value is -1.32. The van der Waals surface area contributed by atoms with Gasteiger partial charge in [-0.3, -0.25) is 0 Å². The van der Waals surface area contributed by atoms with E-state index in [9.17, 15) is 4.79 Å². The van der Waals surface area contributed by atoms with Crippen molar-refractivity contribution < 1.29 is 9.90 Å². The summed E-state index contributed by atoms with van der Waals surface area (Å²) in [5.74, 6) is -0.206. The third-order valence-electron chi connectivity index (χ3n) is 2.38.